The van der Waals surface area contributed by atoms with Crippen LogP contribution in [-0.4, -0.2) is 28.2 Å². The predicted molar refractivity (Wildman–Crippen MR) is 68.5 cm³/mol. The molecule has 4 nitrogen and oxygen atoms in total. The second kappa shape index (κ2) is 4.78. The molecule has 1 aromatic heterocycles. The van der Waals surface area contributed by atoms with Crippen molar-refractivity contribution >= 4 is 17.4 Å². The lowest BCUT2D eigenvalue weighted by atomic mass is 9.94. The molecule has 0 aliphatic carbocycles. The van der Waals surface area contributed by atoms with Crippen molar-refractivity contribution in [2.75, 3.05) is 11.9 Å². The lowest BCUT2D eigenvalue weighted by Crippen LogP contribution is -2.40. The van der Waals surface area contributed by atoms with Crippen LogP contribution in [0.1, 0.15) is 32.4 Å². The van der Waals surface area contributed by atoms with E-state index >= 15 is 0 Å². The van der Waals surface area contributed by atoms with Gasteiger partial charge in [-0.3, -0.25) is 0 Å². The topological polar surface area (TPSA) is 47.0 Å². The summed E-state index contributed by atoms with van der Waals surface area (Å²) in [6.07, 6.45) is 1.96. The number of aromatic nitrogens is 2. The normalized spacial score (nSPS) is 23.4. The van der Waals surface area contributed by atoms with E-state index in [1.165, 1.54) is 0 Å². The first-order valence-electron chi connectivity index (χ1n) is 5.86. The number of rotatable bonds is 2. The molecule has 17 heavy (non-hydrogen) atoms. The molecule has 1 atom stereocenters. The molecule has 2 heterocycles. The third-order valence-electron chi connectivity index (χ3n) is 2.88. The molecular weight excluding hydrogens is 238 g/mol. The Bertz CT molecular complexity index is 388. The van der Waals surface area contributed by atoms with E-state index in [-0.39, 0.29) is 5.60 Å². The maximum absolute atomic E-state index is 5.84. The monoisotopic (exact) mass is 255 g/mol. The summed E-state index contributed by atoms with van der Waals surface area (Å²) in [6, 6.07) is 2.29. The van der Waals surface area contributed by atoms with Crippen LogP contribution in [0.2, 0.25) is 5.28 Å². The summed E-state index contributed by atoms with van der Waals surface area (Å²) in [5, 5.41) is 3.69. The fourth-order valence-electron chi connectivity index (χ4n) is 2.17. The molecule has 1 aliphatic rings. The Hall–Kier alpha value is -0.870. The summed E-state index contributed by atoms with van der Waals surface area (Å²) in [5.74, 6) is 0.796. The van der Waals surface area contributed by atoms with Gasteiger partial charge >= 0.3 is 0 Å². The average Bonchev–Trinajstić information content (AvgIpc) is 2.13. The maximum Gasteiger partial charge on any atom is 0.224 e. The predicted octanol–water partition coefficient (Wildman–Crippen LogP) is 2.81. The van der Waals surface area contributed by atoms with Crippen LogP contribution in [0.25, 0.3) is 0 Å². The summed E-state index contributed by atoms with van der Waals surface area (Å²) in [4.78, 5) is 8.22. The first kappa shape index (κ1) is 12.6. The van der Waals surface area contributed by atoms with Gasteiger partial charge in [-0.15, -0.1) is 0 Å². The first-order valence-corrected chi connectivity index (χ1v) is 6.24. The van der Waals surface area contributed by atoms with Crippen molar-refractivity contribution in [1.29, 1.82) is 0 Å². The van der Waals surface area contributed by atoms with Crippen LogP contribution in [0, 0.1) is 6.92 Å². The van der Waals surface area contributed by atoms with E-state index in [1.807, 2.05) is 13.0 Å². The first-order chi connectivity index (χ1) is 7.94. The molecule has 94 valence electrons. The second-order valence-electron chi connectivity index (χ2n) is 5.11. The molecule has 1 aliphatic heterocycles. The summed E-state index contributed by atoms with van der Waals surface area (Å²) in [7, 11) is 0. The fraction of sp³-hybridized carbons (Fsp3) is 0.667. The summed E-state index contributed by atoms with van der Waals surface area (Å²) >= 11 is 5.84. The highest BCUT2D eigenvalue weighted by Gasteiger charge is 2.28. The van der Waals surface area contributed by atoms with E-state index in [9.17, 15) is 0 Å². The number of nitrogens with one attached hydrogen (secondary N) is 1. The Morgan fingerprint density at radius 1 is 1.47 bits per heavy atom. The molecule has 1 saturated heterocycles. The fourth-order valence-corrected chi connectivity index (χ4v) is 2.39. The molecule has 1 aromatic rings. The molecule has 0 spiro atoms. The van der Waals surface area contributed by atoms with Crippen LogP contribution < -0.4 is 5.32 Å². The van der Waals surface area contributed by atoms with Crippen molar-refractivity contribution in [3.63, 3.8) is 0 Å². The van der Waals surface area contributed by atoms with Gasteiger partial charge in [0.1, 0.15) is 5.82 Å². The number of nitrogens with zero attached hydrogens (tertiary/aromatic N) is 2. The van der Waals surface area contributed by atoms with Crippen LogP contribution in [0.15, 0.2) is 6.07 Å². The Balaban J connectivity index is 2.05. The molecule has 0 radical (unpaired) electrons. The average molecular weight is 256 g/mol. The van der Waals surface area contributed by atoms with Gasteiger partial charge in [0.05, 0.1) is 5.60 Å². The SMILES string of the molecule is Cc1cc(NC2CCOC(C)(C)C2)nc(Cl)n1. The zero-order valence-electron chi connectivity index (χ0n) is 10.5. The van der Waals surface area contributed by atoms with Crippen molar-refractivity contribution < 1.29 is 4.74 Å². The van der Waals surface area contributed by atoms with E-state index < -0.39 is 0 Å². The molecule has 2 rings (SSSR count). The van der Waals surface area contributed by atoms with Crippen LogP contribution in [0.3, 0.4) is 0 Å². The summed E-state index contributed by atoms with van der Waals surface area (Å²) in [6.45, 7) is 6.91. The van der Waals surface area contributed by atoms with E-state index in [2.05, 4.69) is 29.1 Å². The number of hydrogen-bond donors (Lipinski definition) is 1. The third kappa shape index (κ3) is 3.54. The van der Waals surface area contributed by atoms with Crippen LogP contribution in [-0.2, 0) is 4.74 Å². The minimum atomic E-state index is -0.0677. The lowest BCUT2D eigenvalue weighted by molar-refractivity contribution is -0.0553. The number of aryl methyl sites for hydroxylation is 1. The molecule has 5 heteroatoms. The van der Waals surface area contributed by atoms with Gasteiger partial charge in [0.2, 0.25) is 5.28 Å². The molecule has 1 unspecified atom stereocenters. The van der Waals surface area contributed by atoms with Crippen molar-refractivity contribution in [2.24, 2.45) is 0 Å². The largest absolute Gasteiger partial charge is 0.375 e. The Kier molecular flexibility index (Phi) is 3.54. The van der Waals surface area contributed by atoms with Crippen molar-refractivity contribution in [3.05, 3.63) is 17.0 Å². The highest BCUT2D eigenvalue weighted by atomic mass is 35.5. The lowest BCUT2D eigenvalue weighted by Gasteiger charge is -2.36. The molecular formula is C12H18ClN3O. The van der Waals surface area contributed by atoms with Crippen molar-refractivity contribution in [1.82, 2.24) is 9.97 Å². The molecule has 1 fully saturated rings. The highest BCUT2D eigenvalue weighted by Crippen LogP contribution is 2.26. The third-order valence-corrected chi connectivity index (χ3v) is 3.05. The Labute approximate surface area is 107 Å². The number of anilines is 1. The smallest absolute Gasteiger partial charge is 0.224 e. The molecule has 1 N–H and O–H groups in total. The van der Waals surface area contributed by atoms with Gasteiger partial charge in [-0.2, -0.15) is 0 Å². The van der Waals surface area contributed by atoms with E-state index in [1.54, 1.807) is 0 Å². The van der Waals surface area contributed by atoms with E-state index in [0.29, 0.717) is 11.3 Å². The minimum absolute atomic E-state index is 0.0677. The van der Waals surface area contributed by atoms with Crippen molar-refractivity contribution in [3.8, 4) is 0 Å². The van der Waals surface area contributed by atoms with Crippen LogP contribution in [0.5, 0.6) is 0 Å². The number of halogens is 1. The quantitative estimate of drug-likeness (QED) is 0.826. The van der Waals surface area contributed by atoms with Gasteiger partial charge in [-0.25, -0.2) is 9.97 Å². The van der Waals surface area contributed by atoms with E-state index in [4.69, 9.17) is 16.3 Å². The summed E-state index contributed by atoms with van der Waals surface area (Å²) < 4.78 is 5.68. The number of hydrogen-bond acceptors (Lipinski definition) is 4. The minimum Gasteiger partial charge on any atom is -0.375 e. The van der Waals surface area contributed by atoms with Crippen LogP contribution in [0.4, 0.5) is 5.82 Å². The van der Waals surface area contributed by atoms with Gasteiger partial charge in [0.15, 0.2) is 0 Å². The Morgan fingerprint density at radius 3 is 2.88 bits per heavy atom. The second-order valence-corrected chi connectivity index (χ2v) is 5.44. The standard InChI is InChI=1S/C12H18ClN3O/c1-8-6-10(16-11(13)14-8)15-9-4-5-17-12(2,3)7-9/h6,9H,4-5,7H2,1-3H3,(H,14,15,16). The zero-order valence-corrected chi connectivity index (χ0v) is 11.2. The van der Waals surface area contributed by atoms with E-state index in [0.717, 1.165) is 31.0 Å². The molecule has 0 amide bonds. The van der Waals surface area contributed by atoms with Gasteiger partial charge < -0.3 is 10.1 Å². The van der Waals surface area contributed by atoms with Gasteiger partial charge in [0.25, 0.3) is 0 Å². The van der Waals surface area contributed by atoms with Gasteiger partial charge in [-0.1, -0.05) is 0 Å². The zero-order chi connectivity index (χ0) is 12.5. The summed E-state index contributed by atoms with van der Waals surface area (Å²) in [5.41, 5.74) is 0.806. The molecule has 0 aromatic carbocycles. The van der Waals surface area contributed by atoms with Crippen LogP contribution >= 0.6 is 11.6 Å². The maximum atomic E-state index is 5.84. The number of ether oxygens (including phenoxy) is 1. The molecule has 0 bridgehead atoms. The Morgan fingerprint density at radius 2 is 2.24 bits per heavy atom. The van der Waals surface area contributed by atoms with Crippen molar-refractivity contribution in [2.45, 2.75) is 45.3 Å². The van der Waals surface area contributed by atoms with Gasteiger partial charge in [-0.05, 0) is 45.2 Å². The highest BCUT2D eigenvalue weighted by molar-refractivity contribution is 6.28. The van der Waals surface area contributed by atoms with Gasteiger partial charge in [0, 0.05) is 24.4 Å². The molecule has 0 saturated carbocycles.